The maximum Gasteiger partial charge on any atom is 0.274 e. The van der Waals surface area contributed by atoms with Crippen molar-refractivity contribution in [2.45, 2.75) is 18.9 Å². The van der Waals surface area contributed by atoms with Crippen molar-refractivity contribution >= 4 is 27.5 Å². The molecule has 3 rings (SSSR count). The number of nitrogens with zero attached hydrogens (tertiary/aromatic N) is 1. The second-order valence-electron chi connectivity index (χ2n) is 5.55. The summed E-state index contributed by atoms with van der Waals surface area (Å²) in [5.41, 5.74) is 2.29. The molecule has 0 saturated heterocycles. The highest BCUT2D eigenvalue weighted by Crippen LogP contribution is 2.29. The minimum atomic E-state index is -0.268. The topological polar surface area (TPSA) is 60.3 Å². The van der Waals surface area contributed by atoms with E-state index in [4.69, 9.17) is 4.74 Å². The van der Waals surface area contributed by atoms with Gasteiger partial charge in [-0.15, -0.1) is 0 Å². The Morgan fingerprint density at radius 2 is 2.22 bits per heavy atom. The Bertz CT molecular complexity index is 801. The van der Waals surface area contributed by atoms with Crippen LogP contribution in [-0.2, 0) is 23.0 Å². The van der Waals surface area contributed by atoms with Gasteiger partial charge in [-0.1, -0.05) is 24.3 Å². The molecule has 0 unspecified atom stereocenters. The highest BCUT2D eigenvalue weighted by molar-refractivity contribution is 9.10. The minimum Gasteiger partial charge on any atom is -0.373 e. The molecular formula is C17H17BrN2O3. The number of hydrogen-bond donors (Lipinski definition) is 1. The number of ether oxygens (including phenoxy) is 1. The number of carbonyl (C=O) groups is 1. The Hall–Kier alpha value is -1.92. The largest absolute Gasteiger partial charge is 0.373 e. The zero-order chi connectivity index (χ0) is 16.4. The lowest BCUT2D eigenvalue weighted by Gasteiger charge is -2.25. The van der Waals surface area contributed by atoms with E-state index in [-0.39, 0.29) is 29.7 Å². The van der Waals surface area contributed by atoms with Crippen molar-refractivity contribution in [2.75, 3.05) is 11.9 Å². The van der Waals surface area contributed by atoms with Crippen LogP contribution in [0.25, 0.3) is 0 Å². The standard InChI is InChI=1S/C17H17BrN2O3/c1-20-10-12(18)8-14(17(20)22)19-16(21)9-15-13-5-3-2-4-11(13)6-7-23-15/h2-5,8,10,15H,6-7,9H2,1H3,(H,19,21)/t15-/m0/s1. The van der Waals surface area contributed by atoms with Gasteiger partial charge in [-0.2, -0.15) is 0 Å². The number of anilines is 1. The van der Waals surface area contributed by atoms with Crippen LogP contribution in [0.1, 0.15) is 23.7 Å². The first kappa shape index (κ1) is 16.0. The van der Waals surface area contributed by atoms with Gasteiger partial charge in [0.2, 0.25) is 5.91 Å². The van der Waals surface area contributed by atoms with Gasteiger partial charge >= 0.3 is 0 Å². The van der Waals surface area contributed by atoms with Gasteiger partial charge in [-0.3, -0.25) is 9.59 Å². The Morgan fingerprint density at radius 1 is 1.43 bits per heavy atom. The molecule has 1 aliphatic rings. The molecule has 0 fully saturated rings. The molecule has 1 aromatic heterocycles. The minimum absolute atomic E-state index is 0.187. The normalized spacial score (nSPS) is 16.7. The van der Waals surface area contributed by atoms with E-state index in [1.165, 1.54) is 10.1 Å². The van der Waals surface area contributed by atoms with E-state index in [9.17, 15) is 9.59 Å². The van der Waals surface area contributed by atoms with Crippen molar-refractivity contribution in [3.05, 3.63) is 62.5 Å². The molecule has 1 N–H and O–H groups in total. The number of aromatic nitrogens is 1. The summed E-state index contributed by atoms with van der Waals surface area (Å²) < 4.78 is 7.89. The van der Waals surface area contributed by atoms with E-state index in [2.05, 4.69) is 27.3 Å². The van der Waals surface area contributed by atoms with E-state index < -0.39 is 0 Å². The van der Waals surface area contributed by atoms with Gasteiger partial charge in [0.25, 0.3) is 5.56 Å². The molecule has 1 amide bonds. The maximum atomic E-state index is 12.3. The molecule has 1 aromatic carbocycles. The molecule has 6 heteroatoms. The number of amides is 1. The first-order chi connectivity index (χ1) is 11.0. The van der Waals surface area contributed by atoms with E-state index in [1.54, 1.807) is 19.3 Å². The second-order valence-corrected chi connectivity index (χ2v) is 6.46. The number of benzene rings is 1. The summed E-state index contributed by atoms with van der Waals surface area (Å²) in [6.45, 7) is 0.605. The third-order valence-electron chi connectivity index (χ3n) is 3.89. The van der Waals surface area contributed by atoms with E-state index in [0.29, 0.717) is 6.61 Å². The zero-order valence-electron chi connectivity index (χ0n) is 12.7. The van der Waals surface area contributed by atoms with Crippen molar-refractivity contribution in [1.29, 1.82) is 0 Å². The fourth-order valence-electron chi connectivity index (χ4n) is 2.78. The van der Waals surface area contributed by atoms with E-state index in [1.807, 2.05) is 18.2 Å². The Morgan fingerprint density at radius 3 is 3.04 bits per heavy atom. The molecule has 2 heterocycles. The maximum absolute atomic E-state index is 12.3. The molecule has 0 spiro atoms. The lowest BCUT2D eigenvalue weighted by molar-refractivity contribution is -0.119. The van der Waals surface area contributed by atoms with Gasteiger partial charge in [-0.05, 0) is 39.5 Å². The van der Waals surface area contributed by atoms with Crippen molar-refractivity contribution < 1.29 is 9.53 Å². The van der Waals surface area contributed by atoms with Gasteiger partial charge < -0.3 is 14.6 Å². The average molecular weight is 377 g/mol. The lowest BCUT2D eigenvalue weighted by Crippen LogP contribution is -2.26. The van der Waals surface area contributed by atoms with Gasteiger partial charge in [0.1, 0.15) is 5.69 Å². The van der Waals surface area contributed by atoms with Crippen LogP contribution < -0.4 is 10.9 Å². The molecule has 2 aromatic rings. The fraction of sp³-hybridized carbons (Fsp3) is 0.294. The number of pyridine rings is 1. The van der Waals surface area contributed by atoms with Crippen LogP contribution in [0.5, 0.6) is 0 Å². The van der Waals surface area contributed by atoms with Crippen molar-refractivity contribution in [3.8, 4) is 0 Å². The predicted octanol–water partition coefficient (Wildman–Crippen LogP) is 2.79. The van der Waals surface area contributed by atoms with E-state index >= 15 is 0 Å². The highest BCUT2D eigenvalue weighted by Gasteiger charge is 2.23. The number of fused-ring (bicyclic) bond motifs is 1. The van der Waals surface area contributed by atoms with Crippen LogP contribution in [0, 0.1) is 0 Å². The Labute approximate surface area is 142 Å². The summed E-state index contributed by atoms with van der Waals surface area (Å²) in [5, 5.41) is 2.69. The molecule has 5 nitrogen and oxygen atoms in total. The first-order valence-corrected chi connectivity index (χ1v) is 8.19. The highest BCUT2D eigenvalue weighted by atomic mass is 79.9. The van der Waals surface area contributed by atoms with Crippen LogP contribution in [0.3, 0.4) is 0 Å². The molecule has 120 valence electrons. The zero-order valence-corrected chi connectivity index (χ0v) is 14.3. The van der Waals surface area contributed by atoms with Crippen LogP contribution in [0.2, 0.25) is 0 Å². The number of halogens is 1. The van der Waals surface area contributed by atoms with Crippen LogP contribution >= 0.6 is 15.9 Å². The number of rotatable bonds is 3. The molecular weight excluding hydrogens is 360 g/mol. The molecule has 0 saturated carbocycles. The lowest BCUT2D eigenvalue weighted by atomic mass is 9.95. The molecule has 0 radical (unpaired) electrons. The summed E-state index contributed by atoms with van der Waals surface area (Å²) in [6, 6.07) is 9.60. The molecule has 0 bridgehead atoms. The number of carbonyl (C=O) groups excluding carboxylic acids is 1. The predicted molar refractivity (Wildman–Crippen MR) is 91.5 cm³/mol. The number of aryl methyl sites for hydroxylation is 1. The van der Waals surface area contributed by atoms with Crippen molar-refractivity contribution in [3.63, 3.8) is 0 Å². The van der Waals surface area contributed by atoms with Crippen LogP contribution in [-0.4, -0.2) is 17.1 Å². The summed E-state index contributed by atoms with van der Waals surface area (Å²) >= 11 is 3.32. The second kappa shape index (κ2) is 6.68. The summed E-state index contributed by atoms with van der Waals surface area (Å²) in [5.74, 6) is -0.234. The monoisotopic (exact) mass is 376 g/mol. The number of hydrogen-bond acceptors (Lipinski definition) is 3. The van der Waals surface area contributed by atoms with Gasteiger partial charge in [-0.25, -0.2) is 0 Å². The Kier molecular flexibility index (Phi) is 4.63. The van der Waals surface area contributed by atoms with Crippen molar-refractivity contribution in [1.82, 2.24) is 4.57 Å². The SMILES string of the molecule is Cn1cc(Br)cc(NC(=O)C[C@@H]2OCCc3ccccc32)c1=O. The third-order valence-corrected chi connectivity index (χ3v) is 4.32. The smallest absolute Gasteiger partial charge is 0.274 e. The molecule has 23 heavy (non-hydrogen) atoms. The number of nitrogens with one attached hydrogen (secondary N) is 1. The first-order valence-electron chi connectivity index (χ1n) is 7.40. The molecule has 0 aliphatic carbocycles. The fourth-order valence-corrected chi connectivity index (χ4v) is 3.31. The van der Waals surface area contributed by atoms with E-state index in [0.717, 1.165) is 16.5 Å². The molecule has 1 aliphatic heterocycles. The van der Waals surface area contributed by atoms with Gasteiger partial charge in [0.15, 0.2) is 0 Å². The summed E-state index contributed by atoms with van der Waals surface area (Å²) in [4.78, 5) is 24.4. The average Bonchev–Trinajstić information content (AvgIpc) is 2.52. The van der Waals surface area contributed by atoms with Gasteiger partial charge in [0.05, 0.1) is 19.1 Å². The van der Waals surface area contributed by atoms with Crippen molar-refractivity contribution in [2.24, 2.45) is 7.05 Å². The third kappa shape index (κ3) is 3.54. The summed E-state index contributed by atoms with van der Waals surface area (Å²) in [7, 11) is 1.64. The quantitative estimate of drug-likeness (QED) is 0.895. The van der Waals surface area contributed by atoms with Crippen LogP contribution in [0.4, 0.5) is 5.69 Å². The Balaban J connectivity index is 1.75. The van der Waals surface area contributed by atoms with Gasteiger partial charge in [0, 0.05) is 17.7 Å². The van der Waals surface area contributed by atoms with Crippen LogP contribution in [0.15, 0.2) is 45.8 Å². The summed E-state index contributed by atoms with van der Waals surface area (Å²) in [6.07, 6.45) is 2.43. The molecule has 1 atom stereocenters.